The van der Waals surface area contributed by atoms with Gasteiger partial charge in [-0.3, -0.25) is 9.59 Å². The third kappa shape index (κ3) is 4.00. The number of hydrogen-bond acceptors (Lipinski definition) is 3. The first-order chi connectivity index (χ1) is 12.4. The Kier molecular flexibility index (Phi) is 5.18. The van der Waals surface area contributed by atoms with Crippen LogP contribution in [0.3, 0.4) is 0 Å². The Morgan fingerprint density at radius 2 is 1.88 bits per heavy atom. The molecule has 0 saturated carbocycles. The number of rotatable bonds is 5. The zero-order chi connectivity index (χ0) is 18.7. The molecule has 1 heterocycles. The zero-order valence-electron chi connectivity index (χ0n) is 14.1. The Morgan fingerprint density at radius 1 is 1.15 bits per heavy atom. The van der Waals surface area contributed by atoms with Crippen molar-refractivity contribution in [3.8, 4) is 5.69 Å². The van der Waals surface area contributed by atoms with Crippen LogP contribution in [0.1, 0.15) is 26.3 Å². The number of carbonyl (C=O) groups is 2. The summed E-state index contributed by atoms with van der Waals surface area (Å²) in [6, 6.07) is 14.2. The third-order valence-electron chi connectivity index (χ3n) is 3.91. The summed E-state index contributed by atoms with van der Waals surface area (Å²) in [6.07, 6.45) is 3.54. The molecule has 2 N–H and O–H groups in total. The van der Waals surface area contributed by atoms with E-state index in [9.17, 15) is 9.59 Å². The quantitative estimate of drug-likeness (QED) is 0.698. The van der Waals surface area contributed by atoms with Gasteiger partial charge in [-0.1, -0.05) is 12.1 Å². The normalized spacial score (nSPS) is 10.5. The summed E-state index contributed by atoms with van der Waals surface area (Å²) in [6.45, 7) is 0.383. The van der Waals surface area contributed by atoms with Gasteiger partial charge in [-0.15, -0.1) is 0 Å². The predicted molar refractivity (Wildman–Crippen MR) is 102 cm³/mol. The third-order valence-corrected chi connectivity index (χ3v) is 4.32. The number of primary amides is 1. The molecule has 0 saturated heterocycles. The van der Waals surface area contributed by atoms with Crippen molar-refractivity contribution in [3.63, 3.8) is 0 Å². The molecule has 0 radical (unpaired) electrons. The average molecular weight is 413 g/mol. The molecule has 7 heteroatoms. The van der Waals surface area contributed by atoms with E-state index in [4.69, 9.17) is 5.73 Å². The van der Waals surface area contributed by atoms with Crippen molar-refractivity contribution in [2.75, 3.05) is 7.05 Å². The van der Waals surface area contributed by atoms with E-state index >= 15 is 0 Å². The lowest BCUT2D eigenvalue weighted by molar-refractivity contribution is 0.0785. The molecule has 0 unspecified atom stereocenters. The van der Waals surface area contributed by atoms with Gasteiger partial charge in [0.15, 0.2) is 0 Å². The van der Waals surface area contributed by atoms with Gasteiger partial charge in [0.1, 0.15) is 0 Å². The second kappa shape index (κ2) is 7.53. The molecule has 3 aromatic rings. The molecule has 2 amide bonds. The number of hydrogen-bond donors (Lipinski definition) is 1. The van der Waals surface area contributed by atoms with Crippen LogP contribution in [0.4, 0.5) is 0 Å². The number of benzene rings is 2. The summed E-state index contributed by atoms with van der Waals surface area (Å²) in [5.41, 5.74) is 8.01. The molecule has 26 heavy (non-hydrogen) atoms. The molecule has 0 aliphatic heterocycles. The monoisotopic (exact) mass is 412 g/mol. The van der Waals surface area contributed by atoms with Gasteiger partial charge in [-0.25, -0.2) is 4.68 Å². The number of nitrogens with two attached hydrogens (primary N) is 1. The Balaban J connectivity index is 1.72. The lowest BCUT2D eigenvalue weighted by atomic mass is 10.1. The molecule has 6 nitrogen and oxygen atoms in total. The smallest absolute Gasteiger partial charge is 0.253 e. The molecule has 132 valence electrons. The minimum absolute atomic E-state index is 0.109. The van der Waals surface area contributed by atoms with Crippen LogP contribution in [0.2, 0.25) is 0 Å². The maximum absolute atomic E-state index is 12.6. The molecule has 0 atom stereocenters. The van der Waals surface area contributed by atoms with Crippen LogP contribution in [-0.2, 0) is 6.54 Å². The first kappa shape index (κ1) is 17.9. The van der Waals surface area contributed by atoms with E-state index in [-0.39, 0.29) is 5.91 Å². The molecule has 0 fully saturated rings. The molecule has 0 spiro atoms. The molecule has 1 aromatic heterocycles. The first-order valence-corrected chi connectivity index (χ1v) is 8.68. The van der Waals surface area contributed by atoms with Crippen LogP contribution in [0, 0.1) is 0 Å². The van der Waals surface area contributed by atoms with Crippen molar-refractivity contribution in [3.05, 3.63) is 82.1 Å². The highest BCUT2D eigenvalue weighted by atomic mass is 79.9. The van der Waals surface area contributed by atoms with Crippen LogP contribution in [-0.4, -0.2) is 33.5 Å². The summed E-state index contributed by atoms with van der Waals surface area (Å²) in [5.74, 6) is -0.593. The van der Waals surface area contributed by atoms with Crippen molar-refractivity contribution in [2.24, 2.45) is 5.73 Å². The van der Waals surface area contributed by atoms with E-state index in [1.165, 1.54) is 0 Å². The van der Waals surface area contributed by atoms with Gasteiger partial charge >= 0.3 is 0 Å². The van der Waals surface area contributed by atoms with E-state index in [0.29, 0.717) is 17.7 Å². The summed E-state index contributed by atoms with van der Waals surface area (Å²) < 4.78 is 2.60. The second-order valence-corrected chi connectivity index (χ2v) is 6.79. The highest BCUT2D eigenvalue weighted by Crippen LogP contribution is 2.15. The highest BCUT2D eigenvalue weighted by molar-refractivity contribution is 9.10. The van der Waals surface area contributed by atoms with Gasteiger partial charge in [0, 0.05) is 30.9 Å². The maximum Gasteiger partial charge on any atom is 0.253 e. The first-order valence-electron chi connectivity index (χ1n) is 7.89. The van der Waals surface area contributed by atoms with E-state index in [0.717, 1.165) is 15.7 Å². The topological polar surface area (TPSA) is 81.2 Å². The van der Waals surface area contributed by atoms with Gasteiger partial charge in [-0.2, -0.15) is 5.10 Å². The Hall–Kier alpha value is -2.93. The summed E-state index contributed by atoms with van der Waals surface area (Å²) >= 11 is 3.36. The lowest BCUT2D eigenvalue weighted by Crippen LogP contribution is -2.26. The molecule has 3 rings (SSSR count). The Labute approximate surface area is 159 Å². The zero-order valence-corrected chi connectivity index (χ0v) is 15.7. The number of aromatic nitrogens is 2. The second-order valence-electron chi connectivity index (χ2n) is 5.88. The number of nitrogens with zero attached hydrogens (tertiary/aromatic N) is 3. The molecular weight excluding hydrogens is 396 g/mol. The lowest BCUT2D eigenvalue weighted by Gasteiger charge is -2.18. The van der Waals surface area contributed by atoms with E-state index in [1.807, 2.05) is 24.4 Å². The largest absolute Gasteiger partial charge is 0.366 e. The maximum atomic E-state index is 12.6. The SMILES string of the molecule is CN(Cc1cccc(C(N)=O)c1)C(=O)c1ccc(-n2cc(Br)cn2)cc1. The van der Waals surface area contributed by atoms with Crippen LogP contribution >= 0.6 is 15.9 Å². The standard InChI is InChI=1S/C19H17BrN4O2/c1-23(11-13-3-2-4-15(9-13)18(21)25)19(26)14-5-7-17(8-6-14)24-12-16(20)10-22-24/h2-10,12H,11H2,1H3,(H2,21,25). The van der Waals surface area contributed by atoms with Crippen molar-refractivity contribution >= 4 is 27.7 Å². The summed E-state index contributed by atoms with van der Waals surface area (Å²) in [7, 11) is 1.72. The van der Waals surface area contributed by atoms with E-state index in [1.54, 1.807) is 53.2 Å². The Morgan fingerprint density at radius 3 is 2.50 bits per heavy atom. The van der Waals surface area contributed by atoms with Gasteiger partial charge in [-0.05, 0) is 57.9 Å². The van der Waals surface area contributed by atoms with Crippen molar-refractivity contribution in [1.29, 1.82) is 0 Å². The Bertz CT molecular complexity index is 950. The van der Waals surface area contributed by atoms with E-state index < -0.39 is 5.91 Å². The minimum Gasteiger partial charge on any atom is -0.366 e. The molecule has 0 aliphatic carbocycles. The molecule has 0 aliphatic rings. The molecular formula is C19H17BrN4O2. The van der Waals surface area contributed by atoms with Gasteiger partial charge in [0.25, 0.3) is 5.91 Å². The summed E-state index contributed by atoms with van der Waals surface area (Å²) in [4.78, 5) is 25.5. The van der Waals surface area contributed by atoms with Crippen LogP contribution in [0.15, 0.2) is 65.4 Å². The average Bonchev–Trinajstić information content (AvgIpc) is 3.08. The van der Waals surface area contributed by atoms with Crippen molar-refractivity contribution in [1.82, 2.24) is 14.7 Å². The number of halogens is 1. The van der Waals surface area contributed by atoms with Crippen molar-refractivity contribution < 1.29 is 9.59 Å². The minimum atomic E-state index is -0.485. The van der Waals surface area contributed by atoms with Gasteiger partial charge in [0.05, 0.1) is 16.4 Å². The number of amides is 2. The van der Waals surface area contributed by atoms with Crippen LogP contribution in [0.25, 0.3) is 5.69 Å². The van der Waals surface area contributed by atoms with Crippen LogP contribution in [0.5, 0.6) is 0 Å². The predicted octanol–water partition coefficient (Wildman–Crippen LogP) is 3.01. The molecule has 0 bridgehead atoms. The van der Waals surface area contributed by atoms with Gasteiger partial charge < -0.3 is 10.6 Å². The van der Waals surface area contributed by atoms with E-state index in [2.05, 4.69) is 21.0 Å². The molecule has 2 aromatic carbocycles. The highest BCUT2D eigenvalue weighted by Gasteiger charge is 2.13. The fourth-order valence-electron chi connectivity index (χ4n) is 2.59. The fraction of sp³-hybridized carbons (Fsp3) is 0.105. The summed E-state index contributed by atoms with van der Waals surface area (Å²) in [5, 5.41) is 4.21. The van der Waals surface area contributed by atoms with Crippen molar-refractivity contribution in [2.45, 2.75) is 6.54 Å². The fourth-order valence-corrected chi connectivity index (χ4v) is 2.87. The van der Waals surface area contributed by atoms with Crippen LogP contribution < -0.4 is 5.73 Å². The van der Waals surface area contributed by atoms with Gasteiger partial charge in [0.2, 0.25) is 5.91 Å². The number of carbonyl (C=O) groups excluding carboxylic acids is 2.